The summed E-state index contributed by atoms with van der Waals surface area (Å²) in [5.74, 6) is 0.526. The molecule has 0 amide bonds. The van der Waals surface area contributed by atoms with Crippen molar-refractivity contribution in [1.29, 1.82) is 0 Å². The van der Waals surface area contributed by atoms with Gasteiger partial charge < -0.3 is 10.1 Å². The Balaban J connectivity index is 2.11. The van der Waals surface area contributed by atoms with Crippen LogP contribution in [-0.2, 0) is 11.2 Å². The zero-order valence-electron chi connectivity index (χ0n) is 11.2. The summed E-state index contributed by atoms with van der Waals surface area (Å²) in [6, 6.07) is 7.27. The van der Waals surface area contributed by atoms with Gasteiger partial charge in [0.1, 0.15) is 0 Å². The van der Waals surface area contributed by atoms with Crippen LogP contribution in [0.2, 0.25) is 0 Å². The molecule has 19 heavy (non-hydrogen) atoms. The lowest BCUT2D eigenvalue weighted by atomic mass is 9.87. The van der Waals surface area contributed by atoms with E-state index in [0.717, 1.165) is 31.6 Å². The lowest BCUT2D eigenvalue weighted by Crippen LogP contribution is -2.38. The number of nitro groups is 1. The second-order valence-electron chi connectivity index (χ2n) is 4.93. The summed E-state index contributed by atoms with van der Waals surface area (Å²) in [6.07, 6.45) is 2.73. The lowest BCUT2D eigenvalue weighted by Gasteiger charge is -2.30. The highest BCUT2D eigenvalue weighted by molar-refractivity contribution is 5.40. The highest BCUT2D eigenvalue weighted by Gasteiger charge is 2.25. The van der Waals surface area contributed by atoms with Crippen LogP contribution in [0.1, 0.15) is 18.4 Å². The van der Waals surface area contributed by atoms with Crippen molar-refractivity contribution in [3.8, 4) is 0 Å². The molecule has 1 saturated heterocycles. The molecule has 0 spiro atoms. The van der Waals surface area contributed by atoms with Crippen LogP contribution in [0.15, 0.2) is 24.3 Å². The molecule has 1 unspecified atom stereocenters. The number of nitrogens with one attached hydrogen (secondary N) is 1. The van der Waals surface area contributed by atoms with Crippen LogP contribution in [0.3, 0.4) is 0 Å². The smallest absolute Gasteiger partial charge is 0.272 e. The van der Waals surface area contributed by atoms with Crippen LogP contribution in [-0.4, -0.2) is 31.2 Å². The molecule has 0 aromatic heterocycles. The van der Waals surface area contributed by atoms with E-state index in [4.69, 9.17) is 4.74 Å². The Morgan fingerprint density at radius 1 is 1.42 bits per heavy atom. The van der Waals surface area contributed by atoms with Gasteiger partial charge in [-0.15, -0.1) is 0 Å². The molecule has 0 bridgehead atoms. The largest absolute Gasteiger partial charge is 0.381 e. The summed E-state index contributed by atoms with van der Waals surface area (Å²) in [4.78, 5) is 10.7. The van der Waals surface area contributed by atoms with Crippen molar-refractivity contribution in [3.05, 3.63) is 39.9 Å². The Bertz CT molecular complexity index is 430. The fourth-order valence-corrected chi connectivity index (χ4v) is 2.72. The molecular weight excluding hydrogens is 244 g/mol. The van der Waals surface area contributed by atoms with E-state index in [-0.39, 0.29) is 16.7 Å². The van der Waals surface area contributed by atoms with E-state index >= 15 is 0 Å². The molecule has 1 aromatic carbocycles. The third-order valence-electron chi connectivity index (χ3n) is 3.83. The van der Waals surface area contributed by atoms with Crippen LogP contribution in [0, 0.1) is 16.0 Å². The number of hydrogen-bond donors (Lipinski definition) is 1. The summed E-state index contributed by atoms with van der Waals surface area (Å²) in [5.41, 5.74) is 1.02. The van der Waals surface area contributed by atoms with E-state index in [1.165, 1.54) is 0 Å². The first-order valence-corrected chi connectivity index (χ1v) is 6.69. The van der Waals surface area contributed by atoms with Crippen molar-refractivity contribution < 1.29 is 9.66 Å². The molecule has 1 aliphatic heterocycles. The molecule has 0 radical (unpaired) electrons. The highest BCUT2D eigenvalue weighted by atomic mass is 16.6. The minimum absolute atomic E-state index is 0.217. The Morgan fingerprint density at radius 3 is 2.74 bits per heavy atom. The van der Waals surface area contributed by atoms with E-state index < -0.39 is 0 Å². The van der Waals surface area contributed by atoms with Crippen molar-refractivity contribution in [3.63, 3.8) is 0 Å². The summed E-state index contributed by atoms with van der Waals surface area (Å²) in [5, 5.41) is 14.3. The summed E-state index contributed by atoms with van der Waals surface area (Å²) in [7, 11) is 1.93. The van der Waals surface area contributed by atoms with E-state index in [9.17, 15) is 10.1 Å². The minimum Gasteiger partial charge on any atom is -0.381 e. The van der Waals surface area contributed by atoms with Crippen molar-refractivity contribution in [2.75, 3.05) is 20.3 Å². The van der Waals surface area contributed by atoms with Crippen LogP contribution in [0.25, 0.3) is 0 Å². The SMILES string of the molecule is CNC(Cc1ccccc1[N+](=O)[O-])C1CCOCC1. The first-order valence-electron chi connectivity index (χ1n) is 6.69. The minimum atomic E-state index is -0.300. The van der Waals surface area contributed by atoms with Gasteiger partial charge in [-0.2, -0.15) is 0 Å². The quantitative estimate of drug-likeness (QED) is 0.653. The molecule has 104 valence electrons. The first-order chi connectivity index (χ1) is 9.22. The van der Waals surface area contributed by atoms with Crippen molar-refractivity contribution in [1.82, 2.24) is 5.32 Å². The van der Waals surface area contributed by atoms with Crippen LogP contribution >= 0.6 is 0 Å². The summed E-state index contributed by atoms with van der Waals surface area (Å²) < 4.78 is 5.37. The standard InChI is InChI=1S/C14H20N2O3/c1-15-13(11-6-8-19-9-7-11)10-12-4-2-3-5-14(12)16(17)18/h2-5,11,13,15H,6-10H2,1H3. The predicted octanol–water partition coefficient (Wildman–Crippen LogP) is 2.15. The number of rotatable bonds is 5. The average Bonchev–Trinajstić information content (AvgIpc) is 2.46. The monoisotopic (exact) mass is 264 g/mol. The normalized spacial score (nSPS) is 18.2. The molecule has 5 nitrogen and oxygen atoms in total. The van der Waals surface area contributed by atoms with Gasteiger partial charge in [0.2, 0.25) is 0 Å². The van der Waals surface area contributed by atoms with Gasteiger partial charge in [-0.1, -0.05) is 18.2 Å². The Hall–Kier alpha value is -1.46. The molecule has 1 fully saturated rings. The molecule has 1 N–H and O–H groups in total. The van der Waals surface area contributed by atoms with E-state index in [1.807, 2.05) is 19.2 Å². The molecule has 1 atom stereocenters. The van der Waals surface area contributed by atoms with E-state index in [1.54, 1.807) is 12.1 Å². The van der Waals surface area contributed by atoms with Gasteiger partial charge in [0, 0.05) is 30.9 Å². The van der Waals surface area contributed by atoms with Crippen LogP contribution in [0.4, 0.5) is 5.69 Å². The zero-order valence-corrected chi connectivity index (χ0v) is 11.2. The number of hydrogen-bond acceptors (Lipinski definition) is 4. The second-order valence-corrected chi connectivity index (χ2v) is 4.93. The second kappa shape index (κ2) is 6.63. The number of ether oxygens (including phenoxy) is 1. The maximum absolute atomic E-state index is 11.0. The number of likely N-dealkylation sites (N-methyl/N-ethyl adjacent to an activating group) is 1. The van der Waals surface area contributed by atoms with Gasteiger partial charge in [0.05, 0.1) is 4.92 Å². The number of para-hydroxylation sites is 1. The van der Waals surface area contributed by atoms with Crippen molar-refractivity contribution in [2.45, 2.75) is 25.3 Å². The third kappa shape index (κ3) is 3.52. The maximum atomic E-state index is 11.0. The van der Waals surface area contributed by atoms with Gasteiger partial charge in [-0.3, -0.25) is 10.1 Å². The van der Waals surface area contributed by atoms with Gasteiger partial charge in [0.15, 0.2) is 0 Å². The number of nitrogens with zero attached hydrogens (tertiary/aromatic N) is 1. The molecule has 2 rings (SSSR count). The fraction of sp³-hybridized carbons (Fsp3) is 0.571. The maximum Gasteiger partial charge on any atom is 0.272 e. The first kappa shape index (κ1) is 14.0. The van der Waals surface area contributed by atoms with Crippen molar-refractivity contribution >= 4 is 5.69 Å². The molecular formula is C14H20N2O3. The fourth-order valence-electron chi connectivity index (χ4n) is 2.72. The van der Waals surface area contributed by atoms with Gasteiger partial charge >= 0.3 is 0 Å². The molecule has 0 saturated carbocycles. The molecule has 1 aliphatic rings. The predicted molar refractivity (Wildman–Crippen MR) is 73.2 cm³/mol. The molecule has 5 heteroatoms. The zero-order chi connectivity index (χ0) is 13.7. The van der Waals surface area contributed by atoms with Crippen molar-refractivity contribution in [2.24, 2.45) is 5.92 Å². The van der Waals surface area contributed by atoms with Gasteiger partial charge in [-0.25, -0.2) is 0 Å². The van der Waals surface area contributed by atoms with Gasteiger partial charge in [-0.05, 0) is 32.2 Å². The Labute approximate surface area is 113 Å². The summed E-state index contributed by atoms with van der Waals surface area (Å²) >= 11 is 0. The number of benzene rings is 1. The topological polar surface area (TPSA) is 64.4 Å². The number of nitro benzene ring substituents is 1. The Kier molecular flexibility index (Phi) is 4.87. The molecule has 0 aliphatic carbocycles. The van der Waals surface area contributed by atoms with Gasteiger partial charge in [0.25, 0.3) is 5.69 Å². The highest BCUT2D eigenvalue weighted by Crippen LogP contribution is 2.25. The molecule has 1 heterocycles. The summed E-state index contributed by atoms with van der Waals surface area (Å²) in [6.45, 7) is 1.58. The Morgan fingerprint density at radius 2 is 2.11 bits per heavy atom. The van der Waals surface area contributed by atoms with E-state index in [2.05, 4.69) is 5.32 Å². The van der Waals surface area contributed by atoms with Crippen LogP contribution < -0.4 is 5.32 Å². The van der Waals surface area contributed by atoms with E-state index in [0.29, 0.717) is 12.3 Å². The lowest BCUT2D eigenvalue weighted by molar-refractivity contribution is -0.385. The third-order valence-corrected chi connectivity index (χ3v) is 3.83. The average molecular weight is 264 g/mol. The molecule has 1 aromatic rings. The van der Waals surface area contributed by atoms with Crippen LogP contribution in [0.5, 0.6) is 0 Å².